The molecule has 2 aromatic rings. The molecule has 0 aliphatic carbocycles. The number of rotatable bonds is 7. The zero-order valence-electron chi connectivity index (χ0n) is 16.7. The molecule has 1 aliphatic rings. The number of carbonyl (C=O) groups excluding carboxylic acids is 2. The summed E-state index contributed by atoms with van der Waals surface area (Å²) in [5, 5.41) is 11.5. The van der Waals surface area contributed by atoms with Gasteiger partial charge < -0.3 is 9.47 Å². The second-order valence-corrected chi connectivity index (χ2v) is 8.37. The van der Waals surface area contributed by atoms with Crippen LogP contribution in [-0.2, 0) is 15.3 Å². The van der Waals surface area contributed by atoms with Gasteiger partial charge >= 0.3 is 11.7 Å². The average molecular weight is 459 g/mol. The summed E-state index contributed by atoms with van der Waals surface area (Å²) in [6.45, 7) is 2.97. The summed E-state index contributed by atoms with van der Waals surface area (Å²) in [6, 6.07) is 12.6. The Labute approximate surface area is 186 Å². The second kappa shape index (κ2) is 10.3. The van der Waals surface area contributed by atoms with Gasteiger partial charge in [-0.2, -0.15) is 0 Å². The van der Waals surface area contributed by atoms with E-state index in [9.17, 15) is 19.7 Å². The van der Waals surface area contributed by atoms with E-state index in [2.05, 4.69) is 4.99 Å². The first kappa shape index (κ1) is 22.6. The highest BCUT2D eigenvalue weighted by molar-refractivity contribution is 8.45. The molecule has 160 valence electrons. The Morgan fingerprint density at radius 1 is 1.26 bits per heavy atom. The molecule has 1 heterocycles. The first-order chi connectivity index (χ1) is 14.9. The molecule has 0 saturated carbocycles. The lowest BCUT2D eigenvalue weighted by molar-refractivity contribution is -0.386. The average Bonchev–Trinajstić information content (AvgIpc) is 3.08. The van der Waals surface area contributed by atoms with Gasteiger partial charge in [-0.25, -0.2) is 4.99 Å². The quantitative estimate of drug-likeness (QED) is 0.191. The zero-order chi connectivity index (χ0) is 22.4. The van der Waals surface area contributed by atoms with Crippen molar-refractivity contribution in [3.05, 3.63) is 69.4 Å². The number of nitro groups is 1. The maximum Gasteiger partial charge on any atom is 0.322 e. The van der Waals surface area contributed by atoms with Crippen molar-refractivity contribution in [2.45, 2.75) is 19.6 Å². The summed E-state index contributed by atoms with van der Waals surface area (Å²) in [6.07, 6.45) is 1.35. The summed E-state index contributed by atoms with van der Waals surface area (Å²) in [5.41, 5.74) is 0.933. The molecule has 0 aromatic heterocycles. The van der Waals surface area contributed by atoms with Crippen molar-refractivity contribution in [2.24, 2.45) is 4.99 Å². The molecule has 0 fully saturated rings. The van der Waals surface area contributed by atoms with Crippen molar-refractivity contribution in [3.8, 4) is 11.5 Å². The van der Waals surface area contributed by atoms with Crippen LogP contribution in [0.2, 0.25) is 0 Å². The number of hydrogen-bond acceptors (Lipinski definition) is 9. The molecular formula is C21H18N2O6S2. The number of nitrogens with zero attached hydrogens (tertiary/aromatic N) is 2. The molecule has 8 nitrogen and oxygen atoms in total. The normalized spacial score (nSPS) is 14.5. The summed E-state index contributed by atoms with van der Waals surface area (Å²) < 4.78 is 11.0. The predicted molar refractivity (Wildman–Crippen MR) is 121 cm³/mol. The topological polar surface area (TPSA) is 108 Å². The zero-order valence-corrected chi connectivity index (χ0v) is 18.3. The standard InChI is InChI=1S/C21H18N2O6S2/c1-3-28-19-17(29-13(2)24)10-9-15(18(19)23(26)27)11-16-20(25)31-21(22-16)30-12-14-7-5-4-6-8-14/h4-11H,3,12H2,1-2H3. The lowest BCUT2D eigenvalue weighted by Gasteiger charge is -2.11. The highest BCUT2D eigenvalue weighted by Gasteiger charge is 2.28. The van der Waals surface area contributed by atoms with Gasteiger partial charge in [0, 0.05) is 12.7 Å². The number of carbonyl (C=O) groups is 2. The minimum absolute atomic E-state index is 0.0575. The maximum absolute atomic E-state index is 12.4. The minimum Gasteiger partial charge on any atom is -0.485 e. The van der Waals surface area contributed by atoms with E-state index in [-0.39, 0.29) is 34.5 Å². The number of nitro benzene ring substituents is 1. The van der Waals surface area contributed by atoms with Crippen molar-refractivity contribution in [3.63, 3.8) is 0 Å². The van der Waals surface area contributed by atoms with Gasteiger partial charge in [0.1, 0.15) is 10.1 Å². The highest BCUT2D eigenvalue weighted by atomic mass is 32.2. The number of aliphatic imine (C=N–C) groups is 1. The number of esters is 1. The third-order valence-electron chi connectivity index (χ3n) is 3.95. The van der Waals surface area contributed by atoms with Crippen molar-refractivity contribution in [1.82, 2.24) is 0 Å². The van der Waals surface area contributed by atoms with E-state index < -0.39 is 16.6 Å². The van der Waals surface area contributed by atoms with E-state index >= 15 is 0 Å². The van der Waals surface area contributed by atoms with Crippen LogP contribution in [-0.4, -0.2) is 27.0 Å². The van der Waals surface area contributed by atoms with Gasteiger partial charge in [-0.3, -0.25) is 19.7 Å². The number of thioether (sulfide) groups is 2. The lowest BCUT2D eigenvalue weighted by atomic mass is 10.1. The molecule has 0 saturated heterocycles. The molecule has 31 heavy (non-hydrogen) atoms. The van der Waals surface area contributed by atoms with Crippen molar-refractivity contribution >= 4 is 50.7 Å². The van der Waals surface area contributed by atoms with E-state index in [1.165, 1.54) is 36.9 Å². The fourth-order valence-electron chi connectivity index (χ4n) is 2.71. The monoisotopic (exact) mass is 458 g/mol. The summed E-state index contributed by atoms with van der Waals surface area (Å²) in [7, 11) is 0. The Morgan fingerprint density at radius 3 is 2.65 bits per heavy atom. The van der Waals surface area contributed by atoms with Crippen LogP contribution < -0.4 is 9.47 Å². The fourth-order valence-corrected chi connectivity index (χ4v) is 4.51. The van der Waals surface area contributed by atoms with Crippen molar-refractivity contribution in [1.29, 1.82) is 0 Å². The van der Waals surface area contributed by atoms with Gasteiger partial charge in [-0.15, -0.1) is 0 Å². The largest absolute Gasteiger partial charge is 0.485 e. The number of benzene rings is 2. The van der Waals surface area contributed by atoms with Crippen LogP contribution in [0.1, 0.15) is 25.0 Å². The molecule has 1 aliphatic heterocycles. The molecule has 0 atom stereocenters. The molecule has 0 amide bonds. The van der Waals surface area contributed by atoms with Crippen LogP contribution in [0.5, 0.6) is 11.5 Å². The molecule has 2 aromatic carbocycles. The Hall–Kier alpha value is -3.11. The molecule has 0 bridgehead atoms. The van der Waals surface area contributed by atoms with E-state index in [0.29, 0.717) is 10.1 Å². The van der Waals surface area contributed by atoms with Gasteiger partial charge in [0.15, 0.2) is 5.75 Å². The van der Waals surface area contributed by atoms with Gasteiger partial charge in [-0.1, -0.05) is 42.1 Å². The number of ether oxygens (including phenoxy) is 2. The molecule has 0 spiro atoms. The SMILES string of the molecule is CCOc1c(OC(C)=O)ccc(C=C2N=C(SCc3ccccc3)SC2=O)c1[N+](=O)[O-]. The Balaban J connectivity index is 1.93. The summed E-state index contributed by atoms with van der Waals surface area (Å²) in [5.74, 6) is -0.206. The molecule has 0 N–H and O–H groups in total. The van der Waals surface area contributed by atoms with Crippen LogP contribution in [0, 0.1) is 10.1 Å². The highest BCUT2D eigenvalue weighted by Crippen LogP contribution is 2.42. The van der Waals surface area contributed by atoms with Crippen LogP contribution in [0.4, 0.5) is 5.69 Å². The van der Waals surface area contributed by atoms with Crippen molar-refractivity contribution < 1.29 is 24.0 Å². The Morgan fingerprint density at radius 2 is 2.00 bits per heavy atom. The Kier molecular flexibility index (Phi) is 7.48. The van der Waals surface area contributed by atoms with Crippen LogP contribution in [0.15, 0.2) is 53.2 Å². The molecule has 3 rings (SSSR count). The summed E-state index contributed by atoms with van der Waals surface area (Å²) >= 11 is 2.41. The van der Waals surface area contributed by atoms with E-state index in [1.807, 2.05) is 30.3 Å². The molecular weight excluding hydrogens is 440 g/mol. The van der Waals surface area contributed by atoms with Crippen LogP contribution in [0.25, 0.3) is 6.08 Å². The number of hydrogen-bond donors (Lipinski definition) is 0. The van der Waals surface area contributed by atoms with Gasteiger partial charge in [0.05, 0.1) is 17.1 Å². The third-order valence-corrected chi connectivity index (χ3v) is 6.03. The fraction of sp³-hybridized carbons (Fsp3) is 0.190. The van der Waals surface area contributed by atoms with Crippen LogP contribution >= 0.6 is 23.5 Å². The minimum atomic E-state index is -0.633. The van der Waals surface area contributed by atoms with Crippen molar-refractivity contribution in [2.75, 3.05) is 6.61 Å². The molecule has 0 unspecified atom stereocenters. The molecule has 10 heteroatoms. The van der Waals surface area contributed by atoms with Gasteiger partial charge in [0.25, 0.3) is 0 Å². The lowest BCUT2D eigenvalue weighted by Crippen LogP contribution is -2.07. The third kappa shape index (κ3) is 5.74. The van der Waals surface area contributed by atoms with E-state index in [0.717, 1.165) is 17.3 Å². The predicted octanol–water partition coefficient (Wildman–Crippen LogP) is 4.82. The molecule has 0 radical (unpaired) electrons. The van der Waals surface area contributed by atoms with Gasteiger partial charge in [-0.05, 0) is 42.5 Å². The Bertz CT molecular complexity index is 1080. The first-order valence-corrected chi connectivity index (χ1v) is 11.0. The second-order valence-electron chi connectivity index (χ2n) is 6.19. The van der Waals surface area contributed by atoms with E-state index in [4.69, 9.17) is 9.47 Å². The summed E-state index contributed by atoms with van der Waals surface area (Å²) in [4.78, 5) is 39.2. The maximum atomic E-state index is 12.4. The van der Waals surface area contributed by atoms with Gasteiger partial charge in [0.2, 0.25) is 10.9 Å². The smallest absolute Gasteiger partial charge is 0.322 e. The van der Waals surface area contributed by atoms with Crippen LogP contribution in [0.3, 0.4) is 0 Å². The first-order valence-electron chi connectivity index (χ1n) is 9.21. The van der Waals surface area contributed by atoms with E-state index in [1.54, 1.807) is 6.92 Å².